The number of aryl methyl sites for hydroxylation is 1. The maximum absolute atomic E-state index is 13.8. The maximum atomic E-state index is 13.8. The van der Waals surface area contributed by atoms with Gasteiger partial charge in [0.1, 0.15) is 16.8 Å². The highest BCUT2D eigenvalue weighted by Crippen LogP contribution is 2.47. The average molecular weight is 424 g/mol. The van der Waals surface area contributed by atoms with E-state index in [0.717, 1.165) is 28.4 Å². The Hall–Kier alpha value is -3.09. The zero-order chi connectivity index (χ0) is 22.4. The van der Waals surface area contributed by atoms with Gasteiger partial charge in [0, 0.05) is 18.8 Å². The number of likely N-dealkylation sites (tertiary alicyclic amines) is 1. The molecule has 1 atom stereocenters. The molecule has 0 aliphatic carbocycles. The van der Waals surface area contributed by atoms with E-state index in [0.29, 0.717) is 19.5 Å². The summed E-state index contributed by atoms with van der Waals surface area (Å²) in [4.78, 5) is 34.6. The molecule has 164 valence electrons. The molecule has 31 heavy (non-hydrogen) atoms. The number of methoxy groups -OCH3 is 1. The molecule has 2 aliphatic heterocycles. The van der Waals surface area contributed by atoms with Crippen molar-refractivity contribution in [1.29, 1.82) is 0 Å². The fourth-order valence-electron chi connectivity index (χ4n) is 4.32. The van der Waals surface area contributed by atoms with E-state index in [-0.39, 0.29) is 18.5 Å². The van der Waals surface area contributed by atoms with Crippen molar-refractivity contribution < 1.29 is 19.1 Å². The van der Waals surface area contributed by atoms with Crippen LogP contribution in [0.4, 0.5) is 10.5 Å². The van der Waals surface area contributed by atoms with Crippen LogP contribution in [0.15, 0.2) is 36.4 Å². The Bertz CT molecular complexity index is 1010. The first-order chi connectivity index (χ1) is 14.6. The third-order valence-electron chi connectivity index (χ3n) is 5.83. The summed E-state index contributed by atoms with van der Waals surface area (Å²) < 4.78 is 10.8. The lowest BCUT2D eigenvalue weighted by Gasteiger charge is -2.26. The van der Waals surface area contributed by atoms with Crippen LogP contribution < -0.4 is 9.64 Å². The van der Waals surface area contributed by atoms with E-state index >= 15 is 0 Å². The van der Waals surface area contributed by atoms with Gasteiger partial charge >= 0.3 is 6.09 Å². The predicted octanol–water partition coefficient (Wildman–Crippen LogP) is 3.82. The molecule has 1 unspecified atom stereocenters. The molecule has 2 aromatic rings. The highest BCUT2D eigenvalue weighted by atomic mass is 16.6. The van der Waals surface area contributed by atoms with Crippen molar-refractivity contribution in [2.45, 2.75) is 51.7 Å². The van der Waals surface area contributed by atoms with Crippen molar-refractivity contribution in [3.63, 3.8) is 0 Å². The fraction of sp³-hybridized carbons (Fsp3) is 0.458. The number of benzene rings is 1. The number of ether oxygens (including phenoxy) is 2. The standard InChI is InChI=1S/C24H29N3O4/c1-16-6-11-19-20(25-16)24(12-13-26(15-24)22(29)31-23(2,3)4)21(28)27(19)14-17-7-9-18(30-5)10-8-17/h6-11H,12-15H2,1-5H3. The quantitative estimate of drug-likeness (QED) is 0.750. The lowest BCUT2D eigenvalue weighted by molar-refractivity contribution is -0.123. The topological polar surface area (TPSA) is 72.0 Å². The minimum Gasteiger partial charge on any atom is -0.497 e. The molecule has 2 aliphatic rings. The Balaban J connectivity index is 1.64. The van der Waals surface area contributed by atoms with Crippen LogP contribution in [0.5, 0.6) is 5.75 Å². The molecule has 0 bridgehead atoms. The number of hydrogen-bond acceptors (Lipinski definition) is 5. The van der Waals surface area contributed by atoms with Crippen LogP contribution in [0.3, 0.4) is 0 Å². The van der Waals surface area contributed by atoms with Crippen molar-refractivity contribution >= 4 is 17.7 Å². The minimum atomic E-state index is -0.829. The SMILES string of the molecule is COc1ccc(CN2C(=O)C3(CCN(C(=O)OC(C)(C)C)C3)c3nc(C)ccc32)cc1. The van der Waals surface area contributed by atoms with E-state index in [1.165, 1.54) is 0 Å². The zero-order valence-corrected chi connectivity index (χ0v) is 18.8. The van der Waals surface area contributed by atoms with E-state index in [2.05, 4.69) is 0 Å². The largest absolute Gasteiger partial charge is 0.497 e. The van der Waals surface area contributed by atoms with Gasteiger partial charge in [0.2, 0.25) is 5.91 Å². The van der Waals surface area contributed by atoms with E-state index in [1.54, 1.807) is 16.9 Å². The summed E-state index contributed by atoms with van der Waals surface area (Å²) in [7, 11) is 1.63. The Labute approximate surface area is 183 Å². The van der Waals surface area contributed by atoms with Gasteiger partial charge in [-0.2, -0.15) is 0 Å². The average Bonchev–Trinajstić information content (AvgIpc) is 3.25. The van der Waals surface area contributed by atoms with Crippen LogP contribution in [-0.2, 0) is 21.5 Å². The van der Waals surface area contributed by atoms with E-state index in [1.807, 2.05) is 64.1 Å². The minimum absolute atomic E-state index is 0.0116. The second kappa shape index (κ2) is 7.55. The number of carbonyl (C=O) groups excluding carboxylic acids is 2. The second-order valence-electron chi connectivity index (χ2n) is 9.29. The molecule has 7 heteroatoms. The Morgan fingerprint density at radius 2 is 1.87 bits per heavy atom. The van der Waals surface area contributed by atoms with E-state index < -0.39 is 11.0 Å². The molecule has 2 amide bonds. The molecule has 0 saturated carbocycles. The van der Waals surface area contributed by atoms with Crippen LogP contribution in [0.1, 0.15) is 44.1 Å². The lowest BCUT2D eigenvalue weighted by Crippen LogP contribution is -2.44. The van der Waals surface area contributed by atoms with E-state index in [9.17, 15) is 9.59 Å². The number of carbonyl (C=O) groups is 2. The van der Waals surface area contributed by atoms with Crippen LogP contribution in [0, 0.1) is 6.92 Å². The lowest BCUT2D eigenvalue weighted by atomic mass is 9.84. The molecule has 1 aromatic heterocycles. The number of rotatable bonds is 3. The molecular formula is C24H29N3O4. The molecule has 7 nitrogen and oxygen atoms in total. The van der Waals surface area contributed by atoms with Gasteiger partial charge < -0.3 is 19.3 Å². The number of nitrogens with zero attached hydrogens (tertiary/aromatic N) is 3. The summed E-state index contributed by atoms with van der Waals surface area (Å²) in [6.07, 6.45) is 0.146. The summed E-state index contributed by atoms with van der Waals surface area (Å²) in [6.45, 7) is 8.63. The smallest absolute Gasteiger partial charge is 0.410 e. The number of aromatic nitrogens is 1. The molecule has 0 N–H and O–H groups in total. The molecular weight excluding hydrogens is 394 g/mol. The normalized spacial score (nSPS) is 20.4. The van der Waals surface area contributed by atoms with Gasteiger partial charge in [-0.05, 0) is 63.9 Å². The first kappa shape index (κ1) is 21.2. The summed E-state index contributed by atoms with van der Waals surface area (Å²) in [5.74, 6) is 0.761. The van der Waals surface area contributed by atoms with Gasteiger partial charge in [0.15, 0.2) is 0 Å². The van der Waals surface area contributed by atoms with Gasteiger partial charge in [-0.1, -0.05) is 12.1 Å². The van der Waals surface area contributed by atoms with Crippen molar-refractivity contribution in [2.75, 3.05) is 25.1 Å². The highest BCUT2D eigenvalue weighted by Gasteiger charge is 2.56. The van der Waals surface area contributed by atoms with Gasteiger partial charge in [-0.3, -0.25) is 9.78 Å². The molecule has 0 radical (unpaired) electrons. The summed E-state index contributed by atoms with van der Waals surface area (Å²) in [5.41, 5.74) is 2.02. The molecule has 1 spiro atoms. The molecule has 4 rings (SSSR count). The zero-order valence-electron chi connectivity index (χ0n) is 18.8. The molecule has 3 heterocycles. The third-order valence-corrected chi connectivity index (χ3v) is 5.83. The molecule has 1 aromatic carbocycles. The Morgan fingerprint density at radius 3 is 2.52 bits per heavy atom. The van der Waals surface area contributed by atoms with Crippen LogP contribution in [-0.4, -0.2) is 47.7 Å². The van der Waals surface area contributed by atoms with Crippen molar-refractivity contribution in [3.8, 4) is 5.75 Å². The van der Waals surface area contributed by atoms with E-state index in [4.69, 9.17) is 14.5 Å². The van der Waals surface area contributed by atoms with Gasteiger partial charge in [0.05, 0.1) is 25.0 Å². The van der Waals surface area contributed by atoms with Crippen LogP contribution in [0.25, 0.3) is 0 Å². The van der Waals surface area contributed by atoms with Crippen molar-refractivity contribution in [2.24, 2.45) is 0 Å². The third kappa shape index (κ3) is 3.84. The Morgan fingerprint density at radius 1 is 1.16 bits per heavy atom. The molecule has 1 saturated heterocycles. The maximum Gasteiger partial charge on any atom is 0.410 e. The van der Waals surface area contributed by atoms with Crippen molar-refractivity contribution in [3.05, 3.63) is 53.3 Å². The number of hydrogen-bond donors (Lipinski definition) is 0. The monoisotopic (exact) mass is 423 g/mol. The van der Waals surface area contributed by atoms with Crippen LogP contribution >= 0.6 is 0 Å². The number of amides is 2. The molecule has 1 fully saturated rings. The number of fused-ring (bicyclic) bond motifs is 2. The first-order valence-electron chi connectivity index (χ1n) is 10.5. The summed E-state index contributed by atoms with van der Waals surface area (Å²) in [5, 5.41) is 0. The number of pyridine rings is 1. The van der Waals surface area contributed by atoms with Crippen molar-refractivity contribution in [1.82, 2.24) is 9.88 Å². The first-order valence-corrected chi connectivity index (χ1v) is 10.5. The van der Waals surface area contributed by atoms with Gasteiger partial charge in [-0.25, -0.2) is 4.79 Å². The Kier molecular flexibility index (Phi) is 5.15. The number of anilines is 1. The highest BCUT2D eigenvalue weighted by molar-refractivity contribution is 6.08. The summed E-state index contributed by atoms with van der Waals surface area (Å²) in [6, 6.07) is 11.6. The fourth-order valence-corrected chi connectivity index (χ4v) is 4.32. The second-order valence-corrected chi connectivity index (χ2v) is 9.29. The summed E-state index contributed by atoms with van der Waals surface area (Å²) >= 11 is 0. The van der Waals surface area contributed by atoms with Gasteiger partial charge in [0.25, 0.3) is 0 Å². The predicted molar refractivity (Wildman–Crippen MR) is 117 cm³/mol. The van der Waals surface area contributed by atoms with Crippen LogP contribution in [0.2, 0.25) is 0 Å². The van der Waals surface area contributed by atoms with Gasteiger partial charge in [-0.15, -0.1) is 0 Å².